The first kappa shape index (κ1) is 14.8. The zero-order valence-electron chi connectivity index (χ0n) is 9.70. The summed E-state index contributed by atoms with van der Waals surface area (Å²) in [6.45, 7) is 2.01. The van der Waals surface area contributed by atoms with Crippen molar-refractivity contribution in [3.63, 3.8) is 0 Å². The summed E-state index contributed by atoms with van der Waals surface area (Å²) in [7, 11) is -3.22. The summed E-state index contributed by atoms with van der Waals surface area (Å²) in [4.78, 5) is 0.295. The lowest BCUT2D eigenvalue weighted by molar-refractivity contribution is 0.534. The van der Waals surface area contributed by atoms with Crippen LogP contribution < -0.4 is 0 Å². The van der Waals surface area contributed by atoms with E-state index in [9.17, 15) is 8.42 Å². The molecule has 17 heavy (non-hydrogen) atoms. The molecule has 2 nitrogen and oxygen atoms in total. The molecule has 0 aliphatic carbocycles. The summed E-state index contributed by atoms with van der Waals surface area (Å²) in [6.07, 6.45) is 1.47. The van der Waals surface area contributed by atoms with E-state index in [1.165, 1.54) is 6.07 Å². The monoisotopic (exact) mass is 294 g/mol. The summed E-state index contributed by atoms with van der Waals surface area (Å²) in [5.74, 6) is 1.03. The van der Waals surface area contributed by atoms with Gasteiger partial charge in [-0.25, -0.2) is 8.42 Å². The van der Waals surface area contributed by atoms with Crippen LogP contribution >= 0.6 is 23.2 Å². The first-order valence-electron chi connectivity index (χ1n) is 5.50. The highest BCUT2D eigenvalue weighted by Gasteiger charge is 2.16. The highest BCUT2D eigenvalue weighted by atomic mass is 35.5. The topological polar surface area (TPSA) is 34.1 Å². The lowest BCUT2D eigenvalue weighted by Gasteiger charge is -2.10. The quantitative estimate of drug-likeness (QED) is 0.749. The van der Waals surface area contributed by atoms with Crippen LogP contribution in [0, 0.1) is 5.92 Å². The van der Waals surface area contributed by atoms with E-state index in [1.807, 2.05) is 6.92 Å². The third-order valence-corrected chi connectivity index (χ3v) is 4.84. The molecule has 0 amide bonds. The minimum Gasteiger partial charge on any atom is -0.224 e. The minimum absolute atomic E-state index is 0.144. The van der Waals surface area contributed by atoms with E-state index < -0.39 is 9.84 Å². The molecule has 1 unspecified atom stereocenters. The van der Waals surface area contributed by atoms with Crippen LogP contribution in [-0.4, -0.2) is 20.1 Å². The van der Waals surface area contributed by atoms with Crippen molar-refractivity contribution in [3.05, 3.63) is 29.3 Å². The molecule has 0 saturated carbocycles. The fraction of sp³-hybridized carbons (Fsp3) is 0.500. The summed E-state index contributed by atoms with van der Waals surface area (Å²) >= 11 is 11.4. The van der Waals surface area contributed by atoms with Crippen molar-refractivity contribution in [1.82, 2.24) is 0 Å². The minimum atomic E-state index is -3.22. The van der Waals surface area contributed by atoms with E-state index in [0.717, 1.165) is 6.42 Å². The van der Waals surface area contributed by atoms with Gasteiger partial charge in [-0.05, 0) is 37.0 Å². The molecule has 1 rings (SSSR count). The second-order valence-corrected chi connectivity index (χ2v) is 7.07. The van der Waals surface area contributed by atoms with E-state index in [1.54, 1.807) is 18.2 Å². The van der Waals surface area contributed by atoms with Crippen molar-refractivity contribution in [2.75, 3.05) is 11.6 Å². The van der Waals surface area contributed by atoms with Crippen LogP contribution in [0.2, 0.25) is 5.02 Å². The second-order valence-electron chi connectivity index (χ2n) is 4.15. The van der Waals surface area contributed by atoms with E-state index in [0.29, 0.717) is 28.1 Å². The Kier molecular flexibility index (Phi) is 5.77. The van der Waals surface area contributed by atoms with Gasteiger partial charge >= 0.3 is 0 Å². The number of benzene rings is 1. The summed E-state index contributed by atoms with van der Waals surface area (Å²) in [5, 5.41) is 0.444. The SMILES string of the molecule is CC(CCCl)CCS(=O)(=O)c1cccc(Cl)c1. The third-order valence-electron chi connectivity index (χ3n) is 2.64. The zero-order valence-corrected chi connectivity index (χ0v) is 12.0. The van der Waals surface area contributed by atoms with Gasteiger partial charge < -0.3 is 0 Å². The molecular formula is C12H16Cl2O2S. The Labute approximate surface area is 113 Å². The number of halogens is 2. The van der Waals surface area contributed by atoms with E-state index in [2.05, 4.69) is 0 Å². The lowest BCUT2D eigenvalue weighted by atomic mass is 10.1. The molecule has 0 bridgehead atoms. The Morgan fingerprint density at radius 3 is 2.59 bits per heavy atom. The molecule has 5 heteroatoms. The number of sulfone groups is 1. The lowest BCUT2D eigenvalue weighted by Crippen LogP contribution is -2.10. The first-order chi connectivity index (χ1) is 7.95. The van der Waals surface area contributed by atoms with Crippen LogP contribution in [0.15, 0.2) is 29.2 Å². The molecule has 0 heterocycles. The van der Waals surface area contributed by atoms with Crippen LogP contribution in [0.3, 0.4) is 0 Å². The highest BCUT2D eigenvalue weighted by Crippen LogP contribution is 2.19. The molecule has 0 fully saturated rings. The molecule has 96 valence electrons. The number of hydrogen-bond acceptors (Lipinski definition) is 2. The van der Waals surface area contributed by atoms with Crippen LogP contribution in [0.5, 0.6) is 0 Å². The molecule has 0 radical (unpaired) electrons. The molecule has 1 aromatic carbocycles. The first-order valence-corrected chi connectivity index (χ1v) is 8.06. The average Bonchev–Trinajstić information content (AvgIpc) is 2.27. The molecule has 0 N–H and O–H groups in total. The maximum absolute atomic E-state index is 12.0. The Hall–Kier alpha value is -0.250. The fourth-order valence-corrected chi connectivity index (χ4v) is 3.63. The molecular weight excluding hydrogens is 279 g/mol. The standard InChI is InChI=1S/C12H16Cl2O2S/c1-10(5-7-13)6-8-17(15,16)12-4-2-3-11(14)9-12/h2-4,9-10H,5-8H2,1H3. The largest absolute Gasteiger partial charge is 0.224 e. The normalized spacial score (nSPS) is 13.6. The molecule has 0 aliphatic rings. The van der Waals surface area contributed by atoms with Gasteiger partial charge in [0.25, 0.3) is 0 Å². The summed E-state index contributed by atoms with van der Waals surface area (Å²) in [6, 6.07) is 6.38. The van der Waals surface area contributed by atoms with E-state index in [4.69, 9.17) is 23.2 Å². The predicted octanol–water partition coefficient (Wildman–Crippen LogP) is 3.77. The highest BCUT2D eigenvalue weighted by molar-refractivity contribution is 7.91. The van der Waals surface area contributed by atoms with Gasteiger partial charge in [0.05, 0.1) is 10.6 Å². The zero-order chi connectivity index (χ0) is 12.9. The Balaban J connectivity index is 2.69. The summed E-state index contributed by atoms with van der Waals surface area (Å²) < 4.78 is 24.0. The Bertz CT molecular complexity index is 457. The smallest absolute Gasteiger partial charge is 0.178 e. The van der Waals surface area contributed by atoms with Crippen LogP contribution in [0.25, 0.3) is 0 Å². The molecule has 0 saturated heterocycles. The Morgan fingerprint density at radius 2 is 2.00 bits per heavy atom. The van der Waals surface area contributed by atoms with Gasteiger partial charge in [0.2, 0.25) is 0 Å². The molecule has 1 atom stereocenters. The Morgan fingerprint density at radius 1 is 1.29 bits per heavy atom. The van der Waals surface area contributed by atoms with Gasteiger partial charge in [-0.3, -0.25) is 0 Å². The van der Waals surface area contributed by atoms with E-state index >= 15 is 0 Å². The predicted molar refractivity (Wildman–Crippen MR) is 72.6 cm³/mol. The van der Waals surface area contributed by atoms with Gasteiger partial charge in [-0.1, -0.05) is 24.6 Å². The summed E-state index contributed by atoms with van der Waals surface area (Å²) in [5.41, 5.74) is 0. The molecule has 0 aromatic heterocycles. The maximum Gasteiger partial charge on any atom is 0.178 e. The average molecular weight is 295 g/mol. The maximum atomic E-state index is 12.0. The van der Waals surface area contributed by atoms with Crippen molar-refractivity contribution in [2.24, 2.45) is 5.92 Å². The van der Waals surface area contributed by atoms with Crippen molar-refractivity contribution < 1.29 is 8.42 Å². The van der Waals surface area contributed by atoms with Gasteiger partial charge in [0, 0.05) is 10.9 Å². The van der Waals surface area contributed by atoms with Crippen LogP contribution in [0.1, 0.15) is 19.8 Å². The van der Waals surface area contributed by atoms with Crippen LogP contribution in [0.4, 0.5) is 0 Å². The molecule has 0 aliphatic heterocycles. The number of rotatable bonds is 6. The van der Waals surface area contributed by atoms with Crippen molar-refractivity contribution in [1.29, 1.82) is 0 Å². The van der Waals surface area contributed by atoms with Crippen LogP contribution in [-0.2, 0) is 9.84 Å². The van der Waals surface area contributed by atoms with Crippen molar-refractivity contribution in [2.45, 2.75) is 24.7 Å². The van der Waals surface area contributed by atoms with Gasteiger partial charge in [-0.15, -0.1) is 11.6 Å². The number of alkyl halides is 1. The fourth-order valence-electron chi connectivity index (χ4n) is 1.47. The van der Waals surface area contributed by atoms with Gasteiger partial charge in [0.1, 0.15) is 0 Å². The van der Waals surface area contributed by atoms with E-state index in [-0.39, 0.29) is 5.75 Å². The second kappa shape index (κ2) is 6.62. The third kappa shape index (κ3) is 4.86. The van der Waals surface area contributed by atoms with Gasteiger partial charge in [-0.2, -0.15) is 0 Å². The van der Waals surface area contributed by atoms with Crippen molar-refractivity contribution in [3.8, 4) is 0 Å². The molecule has 0 spiro atoms. The number of hydrogen-bond donors (Lipinski definition) is 0. The van der Waals surface area contributed by atoms with Gasteiger partial charge in [0.15, 0.2) is 9.84 Å². The van der Waals surface area contributed by atoms with Crippen molar-refractivity contribution >= 4 is 33.0 Å². The molecule has 1 aromatic rings.